The van der Waals surface area contributed by atoms with Gasteiger partial charge in [-0.3, -0.25) is 4.79 Å². The SMILES string of the molecule is C=CCNC(=O)[C@@H]1C[C@H]1CC. The summed E-state index contributed by atoms with van der Waals surface area (Å²) in [7, 11) is 0. The van der Waals surface area contributed by atoms with Crippen molar-refractivity contribution >= 4 is 5.91 Å². The van der Waals surface area contributed by atoms with E-state index in [2.05, 4.69) is 18.8 Å². The fraction of sp³-hybridized carbons (Fsp3) is 0.667. The van der Waals surface area contributed by atoms with Crippen molar-refractivity contribution in [2.24, 2.45) is 11.8 Å². The maximum atomic E-state index is 11.2. The van der Waals surface area contributed by atoms with Gasteiger partial charge in [-0.25, -0.2) is 0 Å². The number of amides is 1. The number of nitrogens with one attached hydrogen (secondary N) is 1. The number of rotatable bonds is 4. The number of hydrogen-bond acceptors (Lipinski definition) is 1. The molecule has 0 aromatic heterocycles. The Morgan fingerprint density at radius 1 is 1.82 bits per heavy atom. The van der Waals surface area contributed by atoms with E-state index in [1.807, 2.05) is 0 Å². The standard InChI is InChI=1S/C9H15NO/c1-3-5-10-9(11)8-6-7(8)4-2/h3,7-8H,1,4-6H2,2H3,(H,10,11)/t7-,8-/m1/s1. The lowest BCUT2D eigenvalue weighted by molar-refractivity contribution is -0.122. The van der Waals surface area contributed by atoms with Crippen molar-refractivity contribution in [1.82, 2.24) is 5.32 Å². The van der Waals surface area contributed by atoms with Crippen LogP contribution in [0.4, 0.5) is 0 Å². The quantitative estimate of drug-likeness (QED) is 0.607. The molecule has 1 fully saturated rings. The van der Waals surface area contributed by atoms with Crippen molar-refractivity contribution in [2.45, 2.75) is 19.8 Å². The van der Waals surface area contributed by atoms with Crippen molar-refractivity contribution in [2.75, 3.05) is 6.54 Å². The molecule has 1 N–H and O–H groups in total. The highest BCUT2D eigenvalue weighted by atomic mass is 16.2. The molecule has 0 unspecified atom stereocenters. The Kier molecular flexibility index (Phi) is 2.69. The minimum Gasteiger partial charge on any atom is -0.352 e. The molecule has 0 aromatic carbocycles. The highest BCUT2D eigenvalue weighted by Crippen LogP contribution is 2.40. The molecular formula is C9H15NO. The first-order chi connectivity index (χ1) is 5.29. The fourth-order valence-corrected chi connectivity index (χ4v) is 1.32. The zero-order valence-corrected chi connectivity index (χ0v) is 6.97. The molecule has 0 spiro atoms. The van der Waals surface area contributed by atoms with Gasteiger partial charge in [-0.05, 0) is 12.3 Å². The fourth-order valence-electron chi connectivity index (χ4n) is 1.32. The highest BCUT2D eigenvalue weighted by Gasteiger charge is 2.40. The summed E-state index contributed by atoms with van der Waals surface area (Å²) in [6, 6.07) is 0. The molecule has 0 saturated heterocycles. The van der Waals surface area contributed by atoms with Crippen molar-refractivity contribution in [3.05, 3.63) is 12.7 Å². The van der Waals surface area contributed by atoms with Gasteiger partial charge in [-0.15, -0.1) is 6.58 Å². The van der Waals surface area contributed by atoms with Crippen LogP contribution >= 0.6 is 0 Å². The zero-order valence-electron chi connectivity index (χ0n) is 6.97. The van der Waals surface area contributed by atoms with Gasteiger partial charge < -0.3 is 5.32 Å². The highest BCUT2D eigenvalue weighted by molar-refractivity contribution is 5.81. The minimum absolute atomic E-state index is 0.205. The molecule has 1 aliphatic rings. The Balaban J connectivity index is 2.17. The van der Waals surface area contributed by atoms with Crippen LogP contribution in [0.15, 0.2) is 12.7 Å². The molecule has 62 valence electrons. The summed E-state index contributed by atoms with van der Waals surface area (Å²) in [4.78, 5) is 11.2. The normalized spacial score (nSPS) is 27.7. The van der Waals surface area contributed by atoms with Crippen molar-refractivity contribution in [1.29, 1.82) is 0 Å². The van der Waals surface area contributed by atoms with E-state index in [0.717, 1.165) is 12.8 Å². The maximum Gasteiger partial charge on any atom is 0.223 e. The van der Waals surface area contributed by atoms with E-state index in [-0.39, 0.29) is 5.91 Å². The van der Waals surface area contributed by atoms with Crippen LogP contribution in [0.3, 0.4) is 0 Å². The summed E-state index contributed by atoms with van der Waals surface area (Å²) in [6.45, 7) is 6.27. The molecule has 1 rings (SSSR count). The first-order valence-electron chi connectivity index (χ1n) is 4.18. The van der Waals surface area contributed by atoms with Gasteiger partial charge in [0, 0.05) is 12.5 Å². The average Bonchev–Trinajstić information content (AvgIpc) is 2.78. The lowest BCUT2D eigenvalue weighted by atomic mass is 10.2. The lowest BCUT2D eigenvalue weighted by Gasteiger charge is -1.99. The smallest absolute Gasteiger partial charge is 0.223 e. The average molecular weight is 153 g/mol. The van der Waals surface area contributed by atoms with Gasteiger partial charge in [-0.2, -0.15) is 0 Å². The summed E-state index contributed by atoms with van der Waals surface area (Å²) in [5.74, 6) is 1.16. The topological polar surface area (TPSA) is 29.1 Å². The first-order valence-corrected chi connectivity index (χ1v) is 4.18. The van der Waals surface area contributed by atoms with E-state index >= 15 is 0 Å². The van der Waals surface area contributed by atoms with E-state index in [9.17, 15) is 4.79 Å². The van der Waals surface area contributed by atoms with Crippen LogP contribution in [0.25, 0.3) is 0 Å². The van der Waals surface area contributed by atoms with Gasteiger partial charge in [0.05, 0.1) is 0 Å². The summed E-state index contributed by atoms with van der Waals surface area (Å²) in [5, 5.41) is 2.80. The second kappa shape index (κ2) is 3.56. The molecule has 0 radical (unpaired) electrons. The molecule has 0 aromatic rings. The summed E-state index contributed by atoms with van der Waals surface area (Å²) in [6.07, 6.45) is 3.92. The van der Waals surface area contributed by atoms with Crippen LogP contribution in [0.1, 0.15) is 19.8 Å². The van der Waals surface area contributed by atoms with Crippen molar-refractivity contribution in [3.8, 4) is 0 Å². The van der Waals surface area contributed by atoms with Gasteiger partial charge in [0.2, 0.25) is 5.91 Å². The third-order valence-electron chi connectivity index (χ3n) is 2.20. The third kappa shape index (κ3) is 2.07. The van der Waals surface area contributed by atoms with Crippen LogP contribution in [0.5, 0.6) is 0 Å². The predicted octanol–water partition coefficient (Wildman–Crippen LogP) is 1.33. The van der Waals surface area contributed by atoms with Gasteiger partial charge in [0.15, 0.2) is 0 Å². The molecule has 0 heterocycles. The van der Waals surface area contributed by atoms with Gasteiger partial charge >= 0.3 is 0 Å². The van der Waals surface area contributed by atoms with Crippen molar-refractivity contribution in [3.63, 3.8) is 0 Å². The van der Waals surface area contributed by atoms with Crippen molar-refractivity contribution < 1.29 is 4.79 Å². The van der Waals surface area contributed by atoms with Crippen LogP contribution in [-0.2, 0) is 4.79 Å². The Labute approximate surface area is 67.7 Å². The summed E-state index contributed by atoms with van der Waals surface area (Å²) >= 11 is 0. The van der Waals surface area contributed by atoms with E-state index in [1.165, 1.54) is 0 Å². The lowest BCUT2D eigenvalue weighted by Crippen LogP contribution is -2.25. The van der Waals surface area contributed by atoms with Crippen LogP contribution in [0, 0.1) is 11.8 Å². The van der Waals surface area contributed by atoms with Gasteiger partial charge in [0.25, 0.3) is 0 Å². The zero-order chi connectivity index (χ0) is 8.27. The Bertz CT molecular complexity index is 165. The van der Waals surface area contributed by atoms with Crippen LogP contribution in [-0.4, -0.2) is 12.5 Å². The third-order valence-corrected chi connectivity index (χ3v) is 2.20. The number of hydrogen-bond donors (Lipinski definition) is 1. The maximum absolute atomic E-state index is 11.2. The molecule has 0 bridgehead atoms. The first kappa shape index (κ1) is 8.31. The van der Waals surface area contributed by atoms with Crippen LogP contribution < -0.4 is 5.32 Å². The van der Waals surface area contributed by atoms with E-state index in [1.54, 1.807) is 6.08 Å². The molecule has 1 saturated carbocycles. The Morgan fingerprint density at radius 2 is 2.55 bits per heavy atom. The second-order valence-electron chi connectivity index (χ2n) is 3.04. The van der Waals surface area contributed by atoms with Gasteiger partial charge in [0.1, 0.15) is 0 Å². The summed E-state index contributed by atoms with van der Waals surface area (Å²) in [5.41, 5.74) is 0. The van der Waals surface area contributed by atoms with Gasteiger partial charge in [-0.1, -0.05) is 19.4 Å². The predicted molar refractivity (Wildman–Crippen MR) is 45.1 cm³/mol. The molecule has 2 atom stereocenters. The van der Waals surface area contributed by atoms with E-state index in [0.29, 0.717) is 18.4 Å². The largest absolute Gasteiger partial charge is 0.352 e. The molecule has 2 nitrogen and oxygen atoms in total. The number of carbonyl (C=O) groups excluding carboxylic acids is 1. The summed E-state index contributed by atoms with van der Waals surface area (Å²) < 4.78 is 0. The Morgan fingerprint density at radius 3 is 3.00 bits per heavy atom. The monoisotopic (exact) mass is 153 g/mol. The molecule has 11 heavy (non-hydrogen) atoms. The second-order valence-corrected chi connectivity index (χ2v) is 3.04. The minimum atomic E-state index is 0.205. The van der Waals surface area contributed by atoms with E-state index in [4.69, 9.17) is 0 Å². The molecule has 0 aliphatic heterocycles. The molecule has 2 heteroatoms. The molecule has 1 aliphatic carbocycles. The molecular weight excluding hydrogens is 138 g/mol. The number of carbonyl (C=O) groups is 1. The Hall–Kier alpha value is -0.790. The van der Waals surface area contributed by atoms with E-state index < -0.39 is 0 Å². The molecule has 1 amide bonds. The van der Waals surface area contributed by atoms with Crippen LogP contribution in [0.2, 0.25) is 0 Å².